The largest absolute Gasteiger partial charge is 0.379 e. The molecule has 2 aliphatic heterocycles. The summed E-state index contributed by atoms with van der Waals surface area (Å²) in [5, 5.41) is 1.98. The van der Waals surface area contributed by atoms with Gasteiger partial charge in [0.2, 0.25) is 0 Å². The first-order valence-electron chi connectivity index (χ1n) is 7.57. The summed E-state index contributed by atoms with van der Waals surface area (Å²) in [6.07, 6.45) is 1.10. The zero-order valence-corrected chi connectivity index (χ0v) is 13.8. The second-order valence-corrected chi connectivity index (χ2v) is 7.57. The Morgan fingerprint density at radius 2 is 2.19 bits per heavy atom. The lowest BCUT2D eigenvalue weighted by Crippen LogP contribution is -2.50. The fourth-order valence-corrected chi connectivity index (χ4v) is 4.61. The van der Waals surface area contributed by atoms with Gasteiger partial charge in [-0.05, 0) is 23.6 Å². The summed E-state index contributed by atoms with van der Waals surface area (Å²) < 4.78 is 5.42. The zero-order chi connectivity index (χ0) is 14.5. The van der Waals surface area contributed by atoms with Crippen LogP contribution in [0.15, 0.2) is 17.5 Å². The molecule has 3 rings (SSSR count). The smallest absolute Gasteiger partial charge is 0.264 e. The molecule has 1 aromatic rings. The average Bonchev–Trinajstić information content (AvgIpc) is 2.96. The Morgan fingerprint density at radius 1 is 1.33 bits per heavy atom. The number of hydrogen-bond donors (Lipinski definition) is 0. The van der Waals surface area contributed by atoms with E-state index in [1.54, 1.807) is 11.3 Å². The maximum absolute atomic E-state index is 12.7. The van der Waals surface area contributed by atoms with Crippen LogP contribution in [-0.2, 0) is 4.74 Å². The SMILES string of the molecule is O=C(c1cccs1)N1CCCSC[C@H]1CN1CCOCC1. The number of ether oxygens (including phenoxy) is 1. The minimum atomic E-state index is 0.214. The number of thiophene rings is 1. The molecule has 21 heavy (non-hydrogen) atoms. The van der Waals surface area contributed by atoms with Gasteiger partial charge in [0.1, 0.15) is 0 Å². The molecule has 2 saturated heterocycles. The van der Waals surface area contributed by atoms with E-state index in [0.29, 0.717) is 6.04 Å². The number of amides is 1. The summed E-state index contributed by atoms with van der Waals surface area (Å²) in [5.41, 5.74) is 0. The van der Waals surface area contributed by atoms with E-state index in [1.807, 2.05) is 29.3 Å². The van der Waals surface area contributed by atoms with E-state index in [-0.39, 0.29) is 5.91 Å². The second kappa shape index (κ2) is 7.63. The van der Waals surface area contributed by atoms with Crippen LogP contribution in [0.2, 0.25) is 0 Å². The lowest BCUT2D eigenvalue weighted by Gasteiger charge is -2.35. The first-order chi connectivity index (χ1) is 10.3. The van der Waals surface area contributed by atoms with Gasteiger partial charge < -0.3 is 9.64 Å². The van der Waals surface area contributed by atoms with E-state index in [2.05, 4.69) is 9.80 Å². The summed E-state index contributed by atoms with van der Waals surface area (Å²) in [6, 6.07) is 4.23. The van der Waals surface area contributed by atoms with Gasteiger partial charge in [0.05, 0.1) is 24.1 Å². The summed E-state index contributed by atoms with van der Waals surface area (Å²) in [7, 11) is 0. The van der Waals surface area contributed by atoms with Gasteiger partial charge in [-0.25, -0.2) is 0 Å². The van der Waals surface area contributed by atoms with Crippen molar-refractivity contribution in [1.82, 2.24) is 9.80 Å². The molecule has 4 nitrogen and oxygen atoms in total. The van der Waals surface area contributed by atoms with Crippen LogP contribution >= 0.6 is 23.1 Å². The summed E-state index contributed by atoms with van der Waals surface area (Å²) in [6.45, 7) is 5.48. The highest BCUT2D eigenvalue weighted by Gasteiger charge is 2.29. The van der Waals surface area contributed by atoms with Crippen molar-refractivity contribution < 1.29 is 9.53 Å². The van der Waals surface area contributed by atoms with Crippen LogP contribution in [0.4, 0.5) is 0 Å². The maximum Gasteiger partial charge on any atom is 0.264 e. The monoisotopic (exact) mass is 326 g/mol. The van der Waals surface area contributed by atoms with Crippen LogP contribution in [-0.4, -0.2) is 72.6 Å². The second-order valence-electron chi connectivity index (χ2n) is 5.47. The number of thioether (sulfide) groups is 1. The fourth-order valence-electron chi connectivity index (χ4n) is 2.87. The molecule has 116 valence electrons. The third-order valence-corrected chi connectivity index (χ3v) is 6.06. The molecule has 0 spiro atoms. The van der Waals surface area contributed by atoms with Crippen molar-refractivity contribution in [1.29, 1.82) is 0 Å². The molecule has 0 saturated carbocycles. The lowest BCUT2D eigenvalue weighted by molar-refractivity contribution is 0.0246. The van der Waals surface area contributed by atoms with Gasteiger partial charge in [-0.15, -0.1) is 11.3 Å². The molecule has 0 bridgehead atoms. The number of rotatable bonds is 3. The Kier molecular flexibility index (Phi) is 5.57. The van der Waals surface area contributed by atoms with E-state index in [9.17, 15) is 4.79 Å². The number of hydrogen-bond acceptors (Lipinski definition) is 5. The van der Waals surface area contributed by atoms with E-state index in [4.69, 9.17) is 4.74 Å². The van der Waals surface area contributed by atoms with Gasteiger partial charge >= 0.3 is 0 Å². The van der Waals surface area contributed by atoms with Gasteiger partial charge in [0.15, 0.2) is 0 Å². The van der Waals surface area contributed by atoms with Gasteiger partial charge in [0, 0.05) is 31.9 Å². The zero-order valence-electron chi connectivity index (χ0n) is 12.2. The molecule has 2 fully saturated rings. The van der Waals surface area contributed by atoms with Crippen LogP contribution in [0.5, 0.6) is 0 Å². The summed E-state index contributed by atoms with van der Waals surface area (Å²) in [4.78, 5) is 18.2. The Bertz CT molecular complexity index is 447. The van der Waals surface area contributed by atoms with E-state index in [0.717, 1.165) is 62.2 Å². The van der Waals surface area contributed by atoms with Gasteiger partial charge in [0.25, 0.3) is 5.91 Å². The van der Waals surface area contributed by atoms with Crippen molar-refractivity contribution in [2.24, 2.45) is 0 Å². The topological polar surface area (TPSA) is 32.8 Å². The van der Waals surface area contributed by atoms with Crippen molar-refractivity contribution in [3.8, 4) is 0 Å². The first-order valence-corrected chi connectivity index (χ1v) is 9.60. The predicted octanol–water partition coefficient (Wildman–Crippen LogP) is 2.03. The van der Waals surface area contributed by atoms with Crippen LogP contribution in [0.25, 0.3) is 0 Å². The molecule has 0 aliphatic carbocycles. The van der Waals surface area contributed by atoms with E-state index >= 15 is 0 Å². The van der Waals surface area contributed by atoms with Crippen molar-refractivity contribution in [2.75, 3.05) is 50.9 Å². The minimum absolute atomic E-state index is 0.214. The molecule has 1 aromatic heterocycles. The Balaban J connectivity index is 1.69. The van der Waals surface area contributed by atoms with Crippen LogP contribution in [0.3, 0.4) is 0 Å². The van der Waals surface area contributed by atoms with Crippen molar-refractivity contribution in [2.45, 2.75) is 12.5 Å². The molecule has 3 heterocycles. The molecular weight excluding hydrogens is 304 g/mol. The number of nitrogens with zero attached hydrogens (tertiary/aromatic N) is 2. The highest BCUT2D eigenvalue weighted by atomic mass is 32.2. The number of carbonyl (C=O) groups is 1. The molecule has 0 radical (unpaired) electrons. The molecule has 1 amide bonds. The standard InChI is InChI=1S/C15H22N2O2S2/c18-15(14-3-1-10-21-14)17-4-2-9-20-12-13(17)11-16-5-7-19-8-6-16/h1,3,10,13H,2,4-9,11-12H2/t13-/m1/s1. The molecule has 1 atom stereocenters. The average molecular weight is 326 g/mol. The third kappa shape index (κ3) is 4.00. The fraction of sp³-hybridized carbons (Fsp3) is 0.667. The van der Waals surface area contributed by atoms with Crippen LogP contribution in [0, 0.1) is 0 Å². The quantitative estimate of drug-likeness (QED) is 0.851. The Morgan fingerprint density at radius 3 is 2.95 bits per heavy atom. The van der Waals surface area contributed by atoms with Gasteiger partial charge in [-0.2, -0.15) is 11.8 Å². The highest BCUT2D eigenvalue weighted by molar-refractivity contribution is 7.99. The van der Waals surface area contributed by atoms with Crippen LogP contribution in [0.1, 0.15) is 16.1 Å². The number of morpholine rings is 1. The molecule has 0 unspecified atom stereocenters. The van der Waals surface area contributed by atoms with Crippen molar-refractivity contribution in [3.63, 3.8) is 0 Å². The van der Waals surface area contributed by atoms with Crippen molar-refractivity contribution >= 4 is 29.0 Å². The van der Waals surface area contributed by atoms with Crippen LogP contribution < -0.4 is 0 Å². The first kappa shape index (κ1) is 15.3. The molecule has 6 heteroatoms. The summed E-state index contributed by atoms with van der Waals surface area (Å²) >= 11 is 3.53. The van der Waals surface area contributed by atoms with E-state index < -0.39 is 0 Å². The molecule has 0 N–H and O–H groups in total. The van der Waals surface area contributed by atoms with E-state index in [1.165, 1.54) is 0 Å². The summed E-state index contributed by atoms with van der Waals surface area (Å²) in [5.74, 6) is 2.42. The molecule has 0 aromatic carbocycles. The molecular formula is C15H22N2O2S2. The Hall–Kier alpha value is -0.560. The predicted molar refractivity (Wildman–Crippen MR) is 88.3 cm³/mol. The third-order valence-electron chi connectivity index (χ3n) is 4.00. The van der Waals surface area contributed by atoms with Gasteiger partial charge in [-0.1, -0.05) is 6.07 Å². The number of carbonyl (C=O) groups excluding carboxylic acids is 1. The normalized spacial score (nSPS) is 24.8. The van der Waals surface area contributed by atoms with Gasteiger partial charge in [-0.3, -0.25) is 9.69 Å². The maximum atomic E-state index is 12.7. The molecule has 2 aliphatic rings. The van der Waals surface area contributed by atoms with Crippen molar-refractivity contribution in [3.05, 3.63) is 22.4 Å². The highest BCUT2D eigenvalue weighted by Crippen LogP contribution is 2.21. The lowest BCUT2D eigenvalue weighted by atomic mass is 10.2. The minimum Gasteiger partial charge on any atom is -0.379 e. The Labute approximate surface area is 134 Å².